The molecule has 0 spiro atoms. The molecular formula is C33H27ClFN7O5S. The number of nitrogens with zero attached hydrogens (tertiary/aromatic N) is 5. The minimum absolute atomic E-state index is 0.0214. The van der Waals surface area contributed by atoms with Gasteiger partial charge in [0.05, 0.1) is 23.3 Å². The van der Waals surface area contributed by atoms with Crippen LogP contribution in [0.1, 0.15) is 84.8 Å². The lowest BCUT2D eigenvalue weighted by molar-refractivity contribution is -0.136. The molecule has 4 aromatic rings. The number of amides is 5. The molecule has 1 saturated heterocycles. The van der Waals surface area contributed by atoms with Gasteiger partial charge in [-0.15, -0.1) is 21.5 Å². The van der Waals surface area contributed by atoms with Crippen molar-refractivity contribution in [3.63, 3.8) is 0 Å². The molecule has 2 atom stereocenters. The van der Waals surface area contributed by atoms with Gasteiger partial charge in [-0.05, 0) is 57.0 Å². The Morgan fingerprint density at radius 3 is 2.48 bits per heavy atom. The van der Waals surface area contributed by atoms with Crippen molar-refractivity contribution in [3.8, 4) is 5.00 Å². The second-order valence-electron chi connectivity index (χ2n) is 11.8. The average molecular weight is 688 g/mol. The molecule has 2 aromatic carbocycles. The number of fused-ring (bicyclic) bond motifs is 4. The maximum Gasteiger partial charge on any atom is 0.262 e. The fourth-order valence-corrected chi connectivity index (χ4v) is 7.58. The van der Waals surface area contributed by atoms with Gasteiger partial charge in [0, 0.05) is 39.6 Å². The number of imide groups is 2. The van der Waals surface area contributed by atoms with Crippen LogP contribution in [-0.4, -0.2) is 61.0 Å². The van der Waals surface area contributed by atoms with E-state index in [1.165, 1.54) is 6.07 Å². The van der Waals surface area contributed by atoms with E-state index in [2.05, 4.69) is 20.8 Å². The van der Waals surface area contributed by atoms with E-state index in [-0.39, 0.29) is 42.5 Å². The number of rotatable bonds is 6. The van der Waals surface area contributed by atoms with Crippen LogP contribution in [0.3, 0.4) is 0 Å². The summed E-state index contributed by atoms with van der Waals surface area (Å²) in [5.74, 6) is -3.00. The third-order valence-electron chi connectivity index (χ3n) is 8.82. The largest absolute Gasteiger partial charge is 0.352 e. The normalized spacial score (nSPS) is 18.6. The number of aryl methyl sites for hydroxylation is 2. The minimum Gasteiger partial charge on any atom is -0.352 e. The van der Waals surface area contributed by atoms with Crippen LogP contribution in [0.5, 0.6) is 0 Å². The van der Waals surface area contributed by atoms with Crippen LogP contribution in [0.25, 0.3) is 5.00 Å². The number of hydrogen-bond donors (Lipinski definition) is 2. The highest BCUT2D eigenvalue weighted by Gasteiger charge is 2.45. The Kier molecular flexibility index (Phi) is 7.79. The van der Waals surface area contributed by atoms with Crippen LogP contribution in [-0.2, 0) is 20.9 Å². The van der Waals surface area contributed by atoms with Gasteiger partial charge in [-0.3, -0.25) is 43.7 Å². The smallest absolute Gasteiger partial charge is 0.262 e. The summed E-state index contributed by atoms with van der Waals surface area (Å²) in [5.41, 5.74) is 3.16. The molecule has 2 N–H and O–H groups in total. The van der Waals surface area contributed by atoms with Crippen molar-refractivity contribution in [3.05, 3.63) is 97.1 Å². The van der Waals surface area contributed by atoms with Crippen LogP contribution >= 0.6 is 22.9 Å². The Bertz CT molecular complexity index is 2120. The van der Waals surface area contributed by atoms with Crippen molar-refractivity contribution in [2.45, 2.75) is 58.7 Å². The Labute approximate surface area is 282 Å². The number of carbonyl (C=O) groups excluding carboxylic acids is 5. The van der Waals surface area contributed by atoms with E-state index < -0.39 is 47.4 Å². The molecule has 3 aliphatic heterocycles. The molecule has 0 aliphatic carbocycles. The summed E-state index contributed by atoms with van der Waals surface area (Å²) < 4.78 is 17.2. The third-order valence-corrected chi connectivity index (χ3v) is 10.3. The highest BCUT2D eigenvalue weighted by Crippen LogP contribution is 2.39. The van der Waals surface area contributed by atoms with Gasteiger partial charge in [-0.1, -0.05) is 23.7 Å². The quantitative estimate of drug-likeness (QED) is 0.290. The monoisotopic (exact) mass is 687 g/mol. The van der Waals surface area contributed by atoms with Gasteiger partial charge in [0.25, 0.3) is 11.8 Å². The summed E-state index contributed by atoms with van der Waals surface area (Å²) in [6.45, 7) is 5.61. The number of benzene rings is 2. The fraction of sp³-hybridized carbons (Fsp3) is 0.273. The lowest BCUT2D eigenvalue weighted by Crippen LogP contribution is -2.54. The van der Waals surface area contributed by atoms with Gasteiger partial charge < -0.3 is 5.32 Å². The van der Waals surface area contributed by atoms with E-state index in [0.717, 1.165) is 37.5 Å². The molecule has 0 bridgehead atoms. The lowest BCUT2D eigenvalue weighted by atomic mass is 9.99. The van der Waals surface area contributed by atoms with Gasteiger partial charge >= 0.3 is 0 Å². The predicted molar refractivity (Wildman–Crippen MR) is 173 cm³/mol. The molecule has 5 heterocycles. The molecular weight excluding hydrogens is 661 g/mol. The molecule has 3 aliphatic rings. The molecule has 1 unspecified atom stereocenters. The number of aromatic nitrogens is 3. The summed E-state index contributed by atoms with van der Waals surface area (Å²) in [6.07, 6.45) is -0.203. The Morgan fingerprint density at radius 1 is 1.06 bits per heavy atom. The molecule has 5 amide bonds. The number of halogens is 2. The summed E-state index contributed by atoms with van der Waals surface area (Å²) >= 11 is 7.77. The molecule has 2 aromatic heterocycles. The van der Waals surface area contributed by atoms with Crippen molar-refractivity contribution in [1.29, 1.82) is 0 Å². The second kappa shape index (κ2) is 11.9. The molecule has 1 fully saturated rings. The van der Waals surface area contributed by atoms with Crippen LogP contribution in [0.15, 0.2) is 41.4 Å². The highest BCUT2D eigenvalue weighted by molar-refractivity contribution is 7.15. The van der Waals surface area contributed by atoms with E-state index in [9.17, 15) is 24.0 Å². The Balaban J connectivity index is 1.15. The van der Waals surface area contributed by atoms with Gasteiger partial charge in [0.2, 0.25) is 17.7 Å². The summed E-state index contributed by atoms with van der Waals surface area (Å²) in [7, 11) is 0. The Hall–Kier alpha value is -5.08. The van der Waals surface area contributed by atoms with Crippen molar-refractivity contribution < 1.29 is 28.4 Å². The lowest BCUT2D eigenvalue weighted by Gasteiger charge is -2.27. The van der Waals surface area contributed by atoms with E-state index >= 15 is 4.39 Å². The van der Waals surface area contributed by atoms with E-state index in [1.807, 2.05) is 37.5 Å². The molecule has 7 rings (SSSR count). The summed E-state index contributed by atoms with van der Waals surface area (Å²) in [6, 6.07) is 7.52. The van der Waals surface area contributed by atoms with Gasteiger partial charge in [0.1, 0.15) is 28.7 Å². The Morgan fingerprint density at radius 2 is 1.77 bits per heavy atom. The zero-order valence-corrected chi connectivity index (χ0v) is 27.5. The first kappa shape index (κ1) is 31.5. The van der Waals surface area contributed by atoms with E-state index in [1.54, 1.807) is 23.5 Å². The SMILES string of the molecule is Cc1sc2c(c1C)C(c1ccc(Cl)cc1)=N[C@@H](CC(=O)NCc1cc3c(cc1F)C(=O)N(C1CCC(=O)NC1=O)C3=O)c1nnc(C)n1-2. The first-order valence-electron chi connectivity index (χ1n) is 15.1. The van der Waals surface area contributed by atoms with E-state index in [0.29, 0.717) is 22.4 Å². The molecule has 0 saturated carbocycles. The maximum atomic E-state index is 15.2. The average Bonchev–Trinajstić information content (AvgIpc) is 3.61. The van der Waals surface area contributed by atoms with Gasteiger partial charge in [-0.2, -0.15) is 0 Å². The number of thiophene rings is 1. The van der Waals surface area contributed by atoms with Crippen molar-refractivity contribution in [2.24, 2.45) is 4.99 Å². The molecule has 12 nitrogen and oxygen atoms in total. The zero-order chi connectivity index (χ0) is 34.0. The summed E-state index contributed by atoms with van der Waals surface area (Å²) in [4.78, 5) is 70.6. The topological polar surface area (TPSA) is 156 Å². The number of nitrogens with one attached hydrogen (secondary N) is 2. The van der Waals surface area contributed by atoms with Crippen LogP contribution in [0.4, 0.5) is 4.39 Å². The summed E-state index contributed by atoms with van der Waals surface area (Å²) in [5, 5.41) is 15.0. The number of piperidine rings is 1. The number of carbonyl (C=O) groups is 5. The van der Waals surface area contributed by atoms with Crippen molar-refractivity contribution >= 4 is 58.2 Å². The van der Waals surface area contributed by atoms with Gasteiger partial charge in [0.15, 0.2) is 5.82 Å². The fourth-order valence-electron chi connectivity index (χ4n) is 6.24. The zero-order valence-electron chi connectivity index (χ0n) is 25.9. The van der Waals surface area contributed by atoms with Gasteiger partial charge in [-0.25, -0.2) is 4.39 Å². The predicted octanol–water partition coefficient (Wildman–Crippen LogP) is 4.05. The standard InChI is InChI=1S/C33H27ClFN7O5S/c1-14-15(2)48-33-27(14)28(17-4-6-19(34)7-5-17)37-23(29-40-39-16(3)41(29)33)12-26(44)36-13-18-10-20-21(11-22(18)35)32(47)42(31(20)46)24-8-9-25(43)38-30(24)45/h4-7,10-11,23-24H,8-9,12-13H2,1-3H3,(H,36,44)(H,38,43,45)/t23-,24?/m0/s1. The molecule has 244 valence electrons. The van der Waals surface area contributed by atoms with Crippen LogP contribution < -0.4 is 10.6 Å². The molecule has 0 radical (unpaired) electrons. The minimum atomic E-state index is -1.18. The first-order valence-corrected chi connectivity index (χ1v) is 16.3. The maximum absolute atomic E-state index is 15.2. The van der Waals surface area contributed by atoms with E-state index in [4.69, 9.17) is 16.6 Å². The van der Waals surface area contributed by atoms with Crippen LogP contribution in [0.2, 0.25) is 5.02 Å². The van der Waals surface area contributed by atoms with Crippen molar-refractivity contribution in [1.82, 2.24) is 30.3 Å². The number of aliphatic imine (C=N–C) groups is 1. The second-order valence-corrected chi connectivity index (χ2v) is 13.5. The van der Waals surface area contributed by atoms with Crippen LogP contribution in [0, 0.1) is 26.6 Å². The molecule has 15 heteroatoms. The highest BCUT2D eigenvalue weighted by atomic mass is 35.5. The first-order chi connectivity index (χ1) is 22.9. The molecule has 48 heavy (non-hydrogen) atoms. The third kappa shape index (κ3) is 5.21. The number of hydrogen-bond acceptors (Lipinski definition) is 9. The van der Waals surface area contributed by atoms with Crippen molar-refractivity contribution in [2.75, 3.05) is 0 Å².